The van der Waals surface area contributed by atoms with E-state index in [-0.39, 0.29) is 0 Å². The van der Waals surface area contributed by atoms with Gasteiger partial charge in [-0.2, -0.15) is 0 Å². The van der Waals surface area contributed by atoms with Crippen molar-refractivity contribution in [2.75, 3.05) is 6.54 Å². The van der Waals surface area contributed by atoms with Crippen molar-refractivity contribution < 1.29 is 0 Å². The third kappa shape index (κ3) is 2.49. The van der Waals surface area contributed by atoms with Gasteiger partial charge in [-0.25, -0.2) is 0 Å². The van der Waals surface area contributed by atoms with Crippen LogP contribution in [0.25, 0.3) is 0 Å². The topological polar surface area (TPSA) is 3.24 Å². The molecule has 6 aliphatic rings. The third-order valence-electron chi connectivity index (χ3n) is 12.0. The maximum Gasteiger partial charge on any atom is 0.0138 e. The Hall–Kier alpha value is -0.300. The number of piperidine rings is 1. The molecule has 6 rings (SSSR count). The molecule has 4 aliphatic carbocycles. The Labute approximate surface area is 180 Å². The van der Waals surface area contributed by atoms with Crippen LogP contribution >= 0.6 is 0 Å². The smallest absolute Gasteiger partial charge is 0.0138 e. The molecule has 0 N–H and O–H groups in total. The van der Waals surface area contributed by atoms with Gasteiger partial charge in [0.05, 0.1) is 0 Å². The summed E-state index contributed by atoms with van der Waals surface area (Å²) in [7, 11) is 0. The average Bonchev–Trinajstić information content (AvgIpc) is 3.15. The molecule has 29 heavy (non-hydrogen) atoms. The molecule has 0 aromatic carbocycles. The second-order valence-corrected chi connectivity index (χ2v) is 13.3. The summed E-state index contributed by atoms with van der Waals surface area (Å²) in [6.07, 6.45) is 16.1. The highest BCUT2D eigenvalue weighted by Gasteiger charge is 2.66. The normalized spacial score (nSPS) is 59.2. The molecule has 1 nitrogen and oxygen atoms in total. The van der Waals surface area contributed by atoms with Crippen LogP contribution in [-0.4, -0.2) is 23.5 Å². The van der Waals surface area contributed by atoms with Crippen molar-refractivity contribution in [3.8, 4) is 0 Å². The van der Waals surface area contributed by atoms with Crippen molar-refractivity contribution >= 4 is 0 Å². The van der Waals surface area contributed by atoms with Crippen LogP contribution < -0.4 is 0 Å². The van der Waals surface area contributed by atoms with Gasteiger partial charge in [-0.1, -0.05) is 46.3 Å². The van der Waals surface area contributed by atoms with Gasteiger partial charge in [-0.15, -0.1) is 0 Å². The van der Waals surface area contributed by atoms with Crippen molar-refractivity contribution in [3.05, 3.63) is 11.6 Å². The third-order valence-corrected chi connectivity index (χ3v) is 12.0. The number of nitrogens with zero attached hydrogens (tertiary/aromatic N) is 1. The summed E-state index contributed by atoms with van der Waals surface area (Å²) in [5.74, 6) is 6.71. The van der Waals surface area contributed by atoms with Crippen molar-refractivity contribution in [2.24, 2.45) is 52.3 Å². The average molecular weight is 396 g/mol. The van der Waals surface area contributed by atoms with Crippen LogP contribution in [0, 0.1) is 52.3 Å². The summed E-state index contributed by atoms with van der Waals surface area (Å²) in [4.78, 5) is 3.05. The maximum atomic E-state index is 3.05. The second kappa shape index (κ2) is 6.36. The van der Waals surface area contributed by atoms with Crippen molar-refractivity contribution in [2.45, 2.75) is 104 Å². The first kappa shape index (κ1) is 19.4. The molecular formula is C28H45N. The lowest BCUT2D eigenvalue weighted by molar-refractivity contribution is -0.0524. The zero-order chi connectivity index (χ0) is 20.1. The summed E-state index contributed by atoms with van der Waals surface area (Å²) in [5, 5.41) is 0. The lowest BCUT2D eigenvalue weighted by atomic mass is 9.46. The highest BCUT2D eigenvalue weighted by molar-refractivity contribution is 5.26. The maximum absolute atomic E-state index is 3.05. The Bertz CT molecular complexity index is 709. The van der Waals surface area contributed by atoms with E-state index in [4.69, 9.17) is 0 Å². The Morgan fingerprint density at radius 1 is 0.897 bits per heavy atom. The minimum Gasteiger partial charge on any atom is -0.297 e. The molecule has 5 fully saturated rings. The van der Waals surface area contributed by atoms with E-state index in [9.17, 15) is 0 Å². The van der Waals surface area contributed by atoms with Crippen LogP contribution in [0.15, 0.2) is 11.6 Å². The van der Waals surface area contributed by atoms with Crippen LogP contribution in [0.1, 0.15) is 92.4 Å². The fourth-order valence-electron chi connectivity index (χ4n) is 10.6. The molecule has 162 valence electrons. The number of rotatable bonds is 0. The van der Waals surface area contributed by atoms with E-state index in [1.54, 1.807) is 0 Å². The van der Waals surface area contributed by atoms with Crippen molar-refractivity contribution in [3.63, 3.8) is 0 Å². The van der Waals surface area contributed by atoms with Gasteiger partial charge in [-0.3, -0.25) is 4.90 Å². The number of fused-ring (bicyclic) bond motifs is 9. The molecule has 2 heterocycles. The molecule has 0 aromatic heterocycles. The quantitative estimate of drug-likeness (QED) is 0.402. The Kier molecular flexibility index (Phi) is 4.26. The molecule has 0 amide bonds. The minimum absolute atomic E-state index is 0.544. The molecule has 0 radical (unpaired) electrons. The highest BCUT2D eigenvalue weighted by atomic mass is 15.2. The predicted octanol–water partition coefficient (Wildman–Crippen LogP) is 6.93. The molecule has 0 spiro atoms. The minimum atomic E-state index is 0.544. The Balaban J connectivity index is 1.33. The van der Waals surface area contributed by atoms with Gasteiger partial charge in [0, 0.05) is 18.6 Å². The van der Waals surface area contributed by atoms with E-state index in [1.807, 2.05) is 5.57 Å². The summed E-state index contributed by atoms with van der Waals surface area (Å²) >= 11 is 0. The van der Waals surface area contributed by atoms with Gasteiger partial charge in [0.25, 0.3) is 0 Å². The van der Waals surface area contributed by atoms with Crippen LogP contribution in [0.5, 0.6) is 0 Å². The molecule has 2 saturated heterocycles. The summed E-state index contributed by atoms with van der Waals surface area (Å²) < 4.78 is 0. The van der Waals surface area contributed by atoms with Gasteiger partial charge in [0.15, 0.2) is 0 Å². The van der Waals surface area contributed by atoms with E-state index in [2.05, 4.69) is 45.6 Å². The van der Waals surface area contributed by atoms with Gasteiger partial charge in [0.2, 0.25) is 0 Å². The van der Waals surface area contributed by atoms with Gasteiger partial charge < -0.3 is 0 Å². The molecule has 1 heteroatoms. The largest absolute Gasteiger partial charge is 0.297 e. The first-order valence-corrected chi connectivity index (χ1v) is 13.3. The van der Waals surface area contributed by atoms with Crippen LogP contribution in [0.2, 0.25) is 0 Å². The first-order chi connectivity index (χ1) is 13.8. The highest BCUT2D eigenvalue weighted by Crippen LogP contribution is 2.70. The predicted molar refractivity (Wildman–Crippen MR) is 122 cm³/mol. The van der Waals surface area contributed by atoms with Crippen LogP contribution in [0.3, 0.4) is 0 Å². The lowest BCUT2D eigenvalue weighted by Gasteiger charge is -2.58. The fourth-order valence-corrected chi connectivity index (χ4v) is 10.6. The molecule has 3 saturated carbocycles. The summed E-state index contributed by atoms with van der Waals surface area (Å²) in [5.41, 5.74) is 3.04. The SMILES string of the molecule is CC1CCC2(C)C(=CCC3C2CCC2(C)C3CC3C2C(C)C2CC[C@H](C)CN23)C1. The Morgan fingerprint density at radius 3 is 2.55 bits per heavy atom. The standard InChI is InChI=1S/C28H45N/c1-17-10-12-27(4)20(14-17)7-8-21-22(27)11-13-28(5)23(21)15-25-26(28)19(3)24-9-6-18(2)16-29(24)25/h7,17-19,21-26H,6,8-16H2,1-5H3/t17?,18-,19?,21?,22?,23?,24?,25?,26?,27?,28?/m0/s1. The van der Waals surface area contributed by atoms with Gasteiger partial charge in [0.1, 0.15) is 0 Å². The second-order valence-electron chi connectivity index (χ2n) is 13.3. The number of hydrogen-bond donors (Lipinski definition) is 0. The van der Waals surface area contributed by atoms with Crippen LogP contribution in [-0.2, 0) is 0 Å². The van der Waals surface area contributed by atoms with E-state index >= 15 is 0 Å². The fraction of sp³-hybridized carbons (Fsp3) is 0.929. The first-order valence-electron chi connectivity index (χ1n) is 13.3. The van der Waals surface area contributed by atoms with E-state index in [0.717, 1.165) is 53.5 Å². The summed E-state index contributed by atoms with van der Waals surface area (Å²) in [6.45, 7) is 14.5. The van der Waals surface area contributed by atoms with Crippen LogP contribution in [0.4, 0.5) is 0 Å². The molecular weight excluding hydrogens is 350 g/mol. The molecule has 0 bridgehead atoms. The zero-order valence-corrected chi connectivity index (χ0v) is 19.8. The van der Waals surface area contributed by atoms with E-state index < -0.39 is 0 Å². The zero-order valence-electron chi connectivity index (χ0n) is 19.8. The number of allylic oxidation sites excluding steroid dienone is 2. The Morgan fingerprint density at radius 2 is 1.72 bits per heavy atom. The lowest BCUT2D eigenvalue weighted by Crippen LogP contribution is -2.51. The van der Waals surface area contributed by atoms with Gasteiger partial charge >= 0.3 is 0 Å². The van der Waals surface area contributed by atoms with Crippen molar-refractivity contribution in [1.29, 1.82) is 0 Å². The van der Waals surface area contributed by atoms with E-state index in [0.29, 0.717) is 10.8 Å². The molecule has 10 unspecified atom stereocenters. The van der Waals surface area contributed by atoms with Crippen molar-refractivity contribution in [1.82, 2.24) is 4.90 Å². The van der Waals surface area contributed by atoms with Gasteiger partial charge in [-0.05, 0) is 110 Å². The molecule has 2 aliphatic heterocycles. The van der Waals surface area contributed by atoms with E-state index in [1.165, 1.54) is 64.3 Å². The summed E-state index contributed by atoms with van der Waals surface area (Å²) in [6, 6.07) is 1.82. The number of hydrogen-bond acceptors (Lipinski definition) is 1. The molecule has 11 atom stereocenters. The molecule has 0 aromatic rings. The monoisotopic (exact) mass is 395 g/mol.